The van der Waals surface area contributed by atoms with Gasteiger partial charge in [0.1, 0.15) is 5.56 Å². The average Bonchev–Trinajstić information content (AvgIpc) is 2.86. The van der Waals surface area contributed by atoms with Crippen LogP contribution in [-0.2, 0) is 4.79 Å². The first-order valence-corrected chi connectivity index (χ1v) is 9.04. The van der Waals surface area contributed by atoms with Crippen molar-refractivity contribution in [3.05, 3.63) is 64.9 Å². The van der Waals surface area contributed by atoms with Crippen molar-refractivity contribution in [2.75, 3.05) is 18.0 Å². The van der Waals surface area contributed by atoms with E-state index in [1.807, 2.05) is 0 Å². The van der Waals surface area contributed by atoms with Crippen LogP contribution in [0.4, 0.5) is 27.6 Å². The summed E-state index contributed by atoms with van der Waals surface area (Å²) in [5.41, 5.74) is -1.93. The number of para-hydroxylation sites is 1. The van der Waals surface area contributed by atoms with E-state index < -0.39 is 82.7 Å². The van der Waals surface area contributed by atoms with Crippen LogP contribution in [0.25, 0.3) is 0 Å². The molecule has 0 radical (unpaired) electrons. The van der Waals surface area contributed by atoms with Gasteiger partial charge in [-0.2, -0.15) is 0 Å². The van der Waals surface area contributed by atoms with Gasteiger partial charge in [-0.15, -0.1) is 0 Å². The first-order chi connectivity index (χ1) is 16.3. The van der Waals surface area contributed by atoms with E-state index in [0.29, 0.717) is 0 Å². The summed E-state index contributed by atoms with van der Waals surface area (Å²) in [6, 6.07) is -3.89. The van der Waals surface area contributed by atoms with Gasteiger partial charge in [0.25, 0.3) is 5.91 Å². The van der Waals surface area contributed by atoms with Gasteiger partial charge in [-0.3, -0.25) is 9.59 Å². The molecule has 9 heteroatoms. The Labute approximate surface area is 176 Å². The molecule has 4 nitrogen and oxygen atoms in total. The predicted molar refractivity (Wildman–Crippen MR) is 99.4 cm³/mol. The van der Waals surface area contributed by atoms with Gasteiger partial charge in [-0.1, -0.05) is 25.1 Å². The first-order valence-electron chi connectivity index (χ1n) is 11.5. The number of amides is 2. The molecule has 2 aromatic carbocycles. The monoisotopic (exact) mass is 431 g/mol. The maximum absolute atomic E-state index is 14.1. The lowest BCUT2D eigenvalue weighted by Crippen LogP contribution is -2.49. The number of hydrogen-bond donors (Lipinski definition) is 0. The second kappa shape index (κ2) is 8.81. The van der Waals surface area contributed by atoms with Crippen molar-refractivity contribution in [1.29, 1.82) is 0 Å². The Balaban J connectivity index is 1.92. The standard InChI is InChI=1S/C21H19F5N2O2/c1-2-14(29)28(12-6-4-3-5-7-12)13-8-10-27(11-9-13)21(30)15-16(22)18(24)20(26)19(25)17(15)23/h3-7,13H,2,8-11H2,1H3/i3D,4D,5D,6D,7D. The summed E-state index contributed by atoms with van der Waals surface area (Å²) >= 11 is 0. The number of benzene rings is 2. The van der Waals surface area contributed by atoms with Crippen molar-refractivity contribution in [2.24, 2.45) is 0 Å². The van der Waals surface area contributed by atoms with Crippen LogP contribution in [0.2, 0.25) is 0 Å². The van der Waals surface area contributed by atoms with Crippen LogP contribution in [0, 0.1) is 29.1 Å². The van der Waals surface area contributed by atoms with Gasteiger partial charge in [-0.25, -0.2) is 22.0 Å². The highest BCUT2D eigenvalue weighted by Gasteiger charge is 2.35. The van der Waals surface area contributed by atoms with Crippen molar-refractivity contribution >= 4 is 17.5 Å². The van der Waals surface area contributed by atoms with Gasteiger partial charge in [0.15, 0.2) is 23.3 Å². The zero-order chi connectivity index (χ0) is 26.4. The largest absolute Gasteiger partial charge is 0.338 e. The van der Waals surface area contributed by atoms with Gasteiger partial charge in [0.2, 0.25) is 11.7 Å². The number of nitrogens with zero attached hydrogens (tertiary/aromatic N) is 2. The van der Waals surface area contributed by atoms with Crippen LogP contribution < -0.4 is 4.90 Å². The fourth-order valence-corrected chi connectivity index (χ4v) is 3.32. The lowest BCUT2D eigenvalue weighted by atomic mass is 10.0. The molecule has 0 aliphatic carbocycles. The van der Waals surface area contributed by atoms with E-state index in [2.05, 4.69) is 0 Å². The van der Waals surface area contributed by atoms with E-state index in [0.717, 1.165) is 9.80 Å². The number of anilines is 1. The van der Waals surface area contributed by atoms with E-state index in [1.54, 1.807) is 0 Å². The molecule has 0 unspecified atom stereocenters. The molecule has 1 fully saturated rings. The van der Waals surface area contributed by atoms with Crippen molar-refractivity contribution in [2.45, 2.75) is 32.2 Å². The number of hydrogen-bond acceptors (Lipinski definition) is 2. The molecular formula is C21H19F5N2O2. The van der Waals surface area contributed by atoms with Gasteiger partial charge in [0.05, 0.1) is 6.85 Å². The third-order valence-electron chi connectivity index (χ3n) is 4.84. The third-order valence-corrected chi connectivity index (χ3v) is 4.84. The zero-order valence-corrected chi connectivity index (χ0v) is 15.7. The Kier molecular flexibility index (Phi) is 4.64. The first kappa shape index (κ1) is 15.8. The molecule has 1 aliphatic heterocycles. The van der Waals surface area contributed by atoms with Gasteiger partial charge in [-0.05, 0) is 24.9 Å². The van der Waals surface area contributed by atoms with E-state index in [-0.39, 0.29) is 38.0 Å². The second-order valence-electron chi connectivity index (χ2n) is 6.56. The minimum Gasteiger partial charge on any atom is -0.338 e. The summed E-state index contributed by atoms with van der Waals surface area (Å²) in [6.45, 7) is 0.997. The van der Waals surface area contributed by atoms with Crippen LogP contribution in [0.5, 0.6) is 0 Å². The minimum atomic E-state index is -2.39. The maximum atomic E-state index is 14.1. The number of piperidine rings is 1. The smallest absolute Gasteiger partial charge is 0.260 e. The quantitative estimate of drug-likeness (QED) is 0.408. The van der Waals surface area contributed by atoms with Crippen LogP contribution in [0.15, 0.2) is 30.2 Å². The number of likely N-dealkylation sites (tertiary alicyclic amines) is 1. The SMILES string of the molecule is [2H]c1c([2H])c([2H])c(N(C(=O)CC)C2CCN(C(=O)c3c(F)c(F)c(F)c(F)c3F)CC2)c([2H])c1[2H]. The van der Waals surface area contributed by atoms with E-state index in [4.69, 9.17) is 6.85 Å². The molecule has 2 amide bonds. The average molecular weight is 431 g/mol. The Morgan fingerprint density at radius 2 is 1.47 bits per heavy atom. The van der Waals surface area contributed by atoms with Crippen LogP contribution in [0.1, 0.15) is 43.4 Å². The molecule has 0 atom stereocenters. The molecule has 0 aromatic heterocycles. The van der Waals surface area contributed by atoms with Crippen LogP contribution in [-0.4, -0.2) is 35.8 Å². The summed E-state index contributed by atoms with van der Waals surface area (Å²) in [4.78, 5) is 27.3. The molecule has 1 heterocycles. The van der Waals surface area contributed by atoms with Crippen molar-refractivity contribution in [3.63, 3.8) is 0 Å². The Bertz CT molecular complexity index is 1160. The Morgan fingerprint density at radius 3 is 1.97 bits per heavy atom. The molecule has 0 bridgehead atoms. The molecule has 30 heavy (non-hydrogen) atoms. The molecule has 3 rings (SSSR count). The fraction of sp³-hybridized carbons (Fsp3) is 0.333. The van der Waals surface area contributed by atoms with Gasteiger partial charge in [0, 0.05) is 31.2 Å². The van der Waals surface area contributed by atoms with Gasteiger partial charge < -0.3 is 9.80 Å². The molecule has 2 aromatic rings. The summed E-state index contributed by atoms with van der Waals surface area (Å²) in [5.74, 6) is -13.4. The van der Waals surface area contributed by atoms with E-state index in [9.17, 15) is 31.5 Å². The number of rotatable bonds is 4. The molecule has 160 valence electrons. The molecule has 0 N–H and O–H groups in total. The Morgan fingerprint density at radius 1 is 0.967 bits per heavy atom. The summed E-state index contributed by atoms with van der Waals surface area (Å²) in [6.07, 6.45) is -0.171. The summed E-state index contributed by atoms with van der Waals surface area (Å²) in [5, 5.41) is 0. The van der Waals surface area contributed by atoms with Crippen molar-refractivity contribution < 1.29 is 38.4 Å². The lowest BCUT2D eigenvalue weighted by Gasteiger charge is -2.38. The fourth-order valence-electron chi connectivity index (χ4n) is 3.32. The lowest BCUT2D eigenvalue weighted by molar-refractivity contribution is -0.119. The highest BCUT2D eigenvalue weighted by atomic mass is 19.2. The number of carbonyl (C=O) groups is 2. The highest BCUT2D eigenvalue weighted by Crippen LogP contribution is 2.28. The van der Waals surface area contributed by atoms with Gasteiger partial charge >= 0.3 is 0 Å². The van der Waals surface area contributed by atoms with Crippen LogP contribution in [0.3, 0.4) is 0 Å². The van der Waals surface area contributed by atoms with Crippen LogP contribution >= 0.6 is 0 Å². The maximum Gasteiger partial charge on any atom is 0.260 e. The number of carbonyl (C=O) groups excluding carboxylic acids is 2. The summed E-state index contributed by atoms with van der Waals surface area (Å²) < 4.78 is 108. The Hall–Kier alpha value is -2.97. The summed E-state index contributed by atoms with van der Waals surface area (Å²) in [7, 11) is 0. The molecule has 1 saturated heterocycles. The topological polar surface area (TPSA) is 40.6 Å². The zero-order valence-electron chi connectivity index (χ0n) is 20.7. The highest BCUT2D eigenvalue weighted by molar-refractivity contribution is 5.95. The van der Waals surface area contributed by atoms with Crippen molar-refractivity contribution in [1.82, 2.24) is 4.90 Å². The molecule has 0 spiro atoms. The van der Waals surface area contributed by atoms with E-state index >= 15 is 0 Å². The molecule has 0 saturated carbocycles. The minimum absolute atomic E-state index is 0.0466. The molecule has 1 aliphatic rings. The van der Waals surface area contributed by atoms with Crippen molar-refractivity contribution in [3.8, 4) is 0 Å². The van der Waals surface area contributed by atoms with E-state index in [1.165, 1.54) is 6.92 Å². The second-order valence-corrected chi connectivity index (χ2v) is 6.56. The number of halogens is 5. The molecular weight excluding hydrogens is 407 g/mol. The third kappa shape index (κ3) is 3.88. The normalized spacial score (nSPS) is 17.0. The predicted octanol–water partition coefficient (Wildman–Crippen LogP) is 4.43.